The van der Waals surface area contributed by atoms with E-state index in [1.54, 1.807) is 6.08 Å². The minimum absolute atomic E-state index is 0. The Kier molecular flexibility index (Phi) is 12.2. The predicted octanol–water partition coefficient (Wildman–Crippen LogP) is 2.53. The van der Waals surface area contributed by atoms with Crippen LogP contribution in [-0.4, -0.2) is 29.9 Å². The standard InChI is InChI=1S/C12H22N2O.2ClH/c1-2-3-7-12(15)14-10-5-4-6-11(14)8-9-13;;/h2,11H,1,3-10,13H2;2*1H. The molecule has 1 heterocycles. The molecular weight excluding hydrogens is 259 g/mol. The predicted molar refractivity (Wildman–Crippen MR) is 77.0 cm³/mol. The third-order valence-electron chi connectivity index (χ3n) is 3.01. The molecule has 102 valence electrons. The first kappa shape index (κ1) is 19.1. The molecule has 1 saturated heterocycles. The van der Waals surface area contributed by atoms with Crippen molar-refractivity contribution in [2.24, 2.45) is 5.73 Å². The molecule has 0 aliphatic carbocycles. The van der Waals surface area contributed by atoms with Gasteiger partial charge in [0.2, 0.25) is 5.91 Å². The van der Waals surface area contributed by atoms with Gasteiger partial charge in [0.25, 0.3) is 0 Å². The third kappa shape index (κ3) is 6.29. The summed E-state index contributed by atoms with van der Waals surface area (Å²) in [6.07, 6.45) is 7.63. The van der Waals surface area contributed by atoms with Gasteiger partial charge in [0.15, 0.2) is 0 Å². The zero-order valence-electron chi connectivity index (χ0n) is 10.3. The maximum absolute atomic E-state index is 11.9. The molecule has 0 radical (unpaired) electrons. The van der Waals surface area contributed by atoms with Crippen LogP contribution in [0.15, 0.2) is 12.7 Å². The van der Waals surface area contributed by atoms with Gasteiger partial charge in [-0.25, -0.2) is 0 Å². The molecule has 5 heteroatoms. The lowest BCUT2D eigenvalue weighted by Crippen LogP contribution is -2.44. The molecule has 1 amide bonds. The van der Waals surface area contributed by atoms with Crippen molar-refractivity contribution in [2.75, 3.05) is 13.1 Å². The molecule has 1 fully saturated rings. The monoisotopic (exact) mass is 282 g/mol. The van der Waals surface area contributed by atoms with E-state index in [1.807, 2.05) is 4.90 Å². The quantitative estimate of drug-likeness (QED) is 0.788. The number of carbonyl (C=O) groups is 1. The Balaban J connectivity index is 0. The molecule has 1 aliphatic heterocycles. The maximum Gasteiger partial charge on any atom is 0.223 e. The van der Waals surface area contributed by atoms with Crippen LogP contribution in [-0.2, 0) is 4.79 Å². The molecule has 1 aliphatic rings. The summed E-state index contributed by atoms with van der Waals surface area (Å²) >= 11 is 0. The van der Waals surface area contributed by atoms with Crippen LogP contribution in [0.25, 0.3) is 0 Å². The Labute approximate surface area is 117 Å². The summed E-state index contributed by atoms with van der Waals surface area (Å²) in [7, 11) is 0. The SMILES string of the molecule is C=CCCC(=O)N1CCCCC1CCN.Cl.Cl. The van der Waals surface area contributed by atoms with Gasteiger partial charge >= 0.3 is 0 Å². The molecule has 3 nitrogen and oxygen atoms in total. The number of hydrogen-bond acceptors (Lipinski definition) is 2. The highest BCUT2D eigenvalue weighted by Gasteiger charge is 2.24. The molecule has 1 rings (SSSR count). The lowest BCUT2D eigenvalue weighted by Gasteiger charge is -2.35. The second-order valence-electron chi connectivity index (χ2n) is 4.14. The van der Waals surface area contributed by atoms with Crippen molar-refractivity contribution < 1.29 is 4.79 Å². The highest BCUT2D eigenvalue weighted by Crippen LogP contribution is 2.20. The molecule has 0 aromatic heterocycles. The average Bonchev–Trinajstić information content (AvgIpc) is 2.27. The Hall–Kier alpha value is -0.250. The number of hydrogen-bond donors (Lipinski definition) is 1. The molecule has 0 saturated carbocycles. The van der Waals surface area contributed by atoms with Crippen molar-refractivity contribution >= 4 is 30.7 Å². The van der Waals surface area contributed by atoms with Crippen LogP contribution in [0.5, 0.6) is 0 Å². The fourth-order valence-corrected chi connectivity index (χ4v) is 2.19. The largest absolute Gasteiger partial charge is 0.340 e. The summed E-state index contributed by atoms with van der Waals surface area (Å²) in [4.78, 5) is 13.9. The first-order valence-electron chi connectivity index (χ1n) is 5.90. The Morgan fingerprint density at radius 1 is 1.41 bits per heavy atom. The smallest absolute Gasteiger partial charge is 0.223 e. The summed E-state index contributed by atoms with van der Waals surface area (Å²) in [5.41, 5.74) is 5.57. The fraction of sp³-hybridized carbons (Fsp3) is 0.750. The number of nitrogens with two attached hydrogens (primary N) is 1. The number of rotatable bonds is 5. The van der Waals surface area contributed by atoms with Crippen molar-refractivity contribution in [2.45, 2.75) is 44.6 Å². The lowest BCUT2D eigenvalue weighted by atomic mass is 9.99. The summed E-state index contributed by atoms with van der Waals surface area (Å²) < 4.78 is 0. The van der Waals surface area contributed by atoms with Gasteiger partial charge < -0.3 is 10.6 Å². The second kappa shape index (κ2) is 10.9. The molecule has 0 aromatic carbocycles. The second-order valence-corrected chi connectivity index (χ2v) is 4.14. The number of likely N-dealkylation sites (tertiary alicyclic amines) is 1. The number of nitrogens with zero attached hydrogens (tertiary/aromatic N) is 1. The lowest BCUT2D eigenvalue weighted by molar-refractivity contribution is -0.134. The normalized spacial score (nSPS) is 18.9. The fourth-order valence-electron chi connectivity index (χ4n) is 2.19. The van der Waals surface area contributed by atoms with Gasteiger partial charge in [0.05, 0.1) is 0 Å². The van der Waals surface area contributed by atoms with Gasteiger partial charge in [-0.2, -0.15) is 0 Å². The summed E-state index contributed by atoms with van der Waals surface area (Å²) in [5, 5.41) is 0. The zero-order chi connectivity index (χ0) is 11.1. The van der Waals surface area contributed by atoms with Crippen LogP contribution >= 0.6 is 24.8 Å². The number of allylic oxidation sites excluding steroid dienone is 1. The van der Waals surface area contributed by atoms with Crippen molar-refractivity contribution in [3.63, 3.8) is 0 Å². The number of piperidine rings is 1. The summed E-state index contributed by atoms with van der Waals surface area (Å²) in [6.45, 7) is 5.24. The van der Waals surface area contributed by atoms with Crippen LogP contribution in [0.2, 0.25) is 0 Å². The Morgan fingerprint density at radius 3 is 2.71 bits per heavy atom. The molecule has 17 heavy (non-hydrogen) atoms. The van der Waals surface area contributed by atoms with Crippen LogP contribution < -0.4 is 5.73 Å². The molecule has 0 aromatic rings. The molecule has 1 atom stereocenters. The third-order valence-corrected chi connectivity index (χ3v) is 3.01. The van der Waals surface area contributed by atoms with Gasteiger partial charge in [-0.15, -0.1) is 31.4 Å². The van der Waals surface area contributed by atoms with Crippen LogP contribution in [0, 0.1) is 0 Å². The molecule has 2 N–H and O–H groups in total. The molecular formula is C12H24Cl2N2O. The van der Waals surface area contributed by atoms with E-state index in [-0.39, 0.29) is 30.7 Å². The van der Waals surface area contributed by atoms with Crippen LogP contribution in [0.3, 0.4) is 0 Å². The van der Waals surface area contributed by atoms with E-state index in [9.17, 15) is 4.79 Å². The number of halogens is 2. The molecule has 0 bridgehead atoms. The van der Waals surface area contributed by atoms with E-state index in [1.165, 1.54) is 6.42 Å². The Morgan fingerprint density at radius 2 is 2.12 bits per heavy atom. The highest BCUT2D eigenvalue weighted by atomic mass is 35.5. The molecule has 1 unspecified atom stereocenters. The van der Waals surface area contributed by atoms with Gasteiger partial charge in [-0.05, 0) is 38.6 Å². The van der Waals surface area contributed by atoms with Gasteiger partial charge in [-0.3, -0.25) is 4.79 Å². The van der Waals surface area contributed by atoms with E-state index in [4.69, 9.17) is 5.73 Å². The number of carbonyl (C=O) groups excluding carboxylic acids is 1. The van der Waals surface area contributed by atoms with E-state index in [0.29, 0.717) is 19.0 Å². The van der Waals surface area contributed by atoms with E-state index in [2.05, 4.69) is 6.58 Å². The van der Waals surface area contributed by atoms with Crippen molar-refractivity contribution in [3.8, 4) is 0 Å². The number of amides is 1. The highest BCUT2D eigenvalue weighted by molar-refractivity contribution is 5.85. The zero-order valence-corrected chi connectivity index (χ0v) is 11.9. The first-order valence-corrected chi connectivity index (χ1v) is 5.90. The van der Waals surface area contributed by atoms with E-state index in [0.717, 1.165) is 32.2 Å². The van der Waals surface area contributed by atoms with Crippen molar-refractivity contribution in [3.05, 3.63) is 12.7 Å². The average molecular weight is 283 g/mol. The van der Waals surface area contributed by atoms with Crippen LogP contribution in [0.1, 0.15) is 38.5 Å². The topological polar surface area (TPSA) is 46.3 Å². The maximum atomic E-state index is 11.9. The summed E-state index contributed by atoms with van der Waals surface area (Å²) in [6, 6.07) is 0.390. The van der Waals surface area contributed by atoms with E-state index >= 15 is 0 Å². The van der Waals surface area contributed by atoms with Crippen molar-refractivity contribution in [1.29, 1.82) is 0 Å². The first-order chi connectivity index (χ1) is 7.29. The molecule has 0 spiro atoms. The van der Waals surface area contributed by atoms with Crippen LogP contribution in [0.4, 0.5) is 0 Å². The Bertz CT molecular complexity index is 223. The minimum Gasteiger partial charge on any atom is -0.340 e. The summed E-state index contributed by atoms with van der Waals surface area (Å²) in [5.74, 6) is 0.271. The van der Waals surface area contributed by atoms with Gasteiger partial charge in [0.1, 0.15) is 0 Å². The minimum atomic E-state index is 0. The van der Waals surface area contributed by atoms with Gasteiger partial charge in [0, 0.05) is 19.0 Å². The van der Waals surface area contributed by atoms with Crippen molar-refractivity contribution in [1.82, 2.24) is 4.90 Å². The van der Waals surface area contributed by atoms with E-state index < -0.39 is 0 Å². The van der Waals surface area contributed by atoms with Gasteiger partial charge in [-0.1, -0.05) is 6.08 Å².